The molecule has 1 amide bonds. The average Bonchev–Trinajstić information content (AvgIpc) is 2.49. The van der Waals surface area contributed by atoms with Crippen LogP contribution in [0.3, 0.4) is 0 Å². The number of anilines is 2. The van der Waals surface area contributed by atoms with Crippen molar-refractivity contribution in [3.8, 4) is 6.07 Å². The number of halogens is 1. The van der Waals surface area contributed by atoms with Crippen molar-refractivity contribution in [2.75, 3.05) is 10.7 Å². The Morgan fingerprint density at radius 3 is 2.45 bits per heavy atom. The Balaban J connectivity index is 2.17. The maximum atomic E-state index is 12.1. The van der Waals surface area contributed by atoms with Crippen LogP contribution in [0.4, 0.5) is 11.4 Å². The summed E-state index contributed by atoms with van der Waals surface area (Å²) in [6, 6.07) is 13.8. The minimum atomic E-state index is -0.237. The fourth-order valence-corrected chi connectivity index (χ4v) is 2.08. The van der Waals surface area contributed by atoms with E-state index in [2.05, 4.69) is 26.7 Å². The van der Waals surface area contributed by atoms with Gasteiger partial charge in [0, 0.05) is 15.7 Å². The number of nitrogen functional groups attached to an aromatic ring is 1. The molecule has 0 saturated carbocycles. The molecule has 0 aliphatic heterocycles. The van der Waals surface area contributed by atoms with Crippen LogP contribution in [0.15, 0.2) is 46.9 Å². The van der Waals surface area contributed by atoms with Crippen LogP contribution in [-0.4, -0.2) is 5.91 Å². The van der Waals surface area contributed by atoms with Crippen molar-refractivity contribution in [1.82, 2.24) is 0 Å². The second-order valence-electron chi connectivity index (χ2n) is 3.98. The summed E-state index contributed by atoms with van der Waals surface area (Å²) in [5.74, 6) is 5.03. The van der Waals surface area contributed by atoms with Gasteiger partial charge in [-0.25, -0.2) is 0 Å². The summed E-state index contributed by atoms with van der Waals surface area (Å²) in [4.78, 5) is 12.1. The molecular formula is C14H11BrN4O. The molecule has 0 saturated heterocycles. The summed E-state index contributed by atoms with van der Waals surface area (Å²) in [6.07, 6.45) is 0. The largest absolute Gasteiger partial charge is 0.324 e. The zero-order valence-electron chi connectivity index (χ0n) is 10.4. The normalized spacial score (nSPS) is 9.65. The smallest absolute Gasteiger partial charge is 0.255 e. The summed E-state index contributed by atoms with van der Waals surface area (Å²) in [7, 11) is 0. The van der Waals surface area contributed by atoms with Gasteiger partial charge in [-0.2, -0.15) is 5.26 Å². The van der Waals surface area contributed by atoms with Crippen LogP contribution < -0.4 is 16.6 Å². The Bertz CT molecular complexity index is 677. The predicted molar refractivity (Wildman–Crippen MR) is 81.1 cm³/mol. The molecule has 0 aliphatic carbocycles. The number of carbonyl (C=O) groups is 1. The third kappa shape index (κ3) is 3.15. The molecule has 0 atom stereocenters. The van der Waals surface area contributed by atoms with Crippen LogP contribution in [-0.2, 0) is 0 Å². The molecule has 0 aliphatic rings. The third-order valence-electron chi connectivity index (χ3n) is 2.66. The van der Waals surface area contributed by atoms with Gasteiger partial charge in [-0.3, -0.25) is 10.6 Å². The summed E-state index contributed by atoms with van der Waals surface area (Å²) < 4.78 is 0.658. The van der Waals surface area contributed by atoms with E-state index in [4.69, 9.17) is 11.1 Å². The van der Waals surface area contributed by atoms with Crippen molar-refractivity contribution in [3.05, 3.63) is 58.1 Å². The van der Waals surface area contributed by atoms with Crippen molar-refractivity contribution in [1.29, 1.82) is 5.26 Å². The SMILES string of the molecule is N#Cc1ccc(NC(=O)c2ccc(NN)cc2)c(Br)c1. The fraction of sp³-hybridized carbons (Fsp3) is 0. The van der Waals surface area contributed by atoms with Gasteiger partial charge in [0.25, 0.3) is 5.91 Å². The molecule has 0 heterocycles. The van der Waals surface area contributed by atoms with Crippen molar-refractivity contribution in [2.24, 2.45) is 5.84 Å². The topological polar surface area (TPSA) is 90.9 Å². The van der Waals surface area contributed by atoms with E-state index in [1.54, 1.807) is 42.5 Å². The third-order valence-corrected chi connectivity index (χ3v) is 3.32. The van der Waals surface area contributed by atoms with E-state index in [0.29, 0.717) is 21.3 Å². The lowest BCUT2D eigenvalue weighted by Gasteiger charge is -2.08. The summed E-state index contributed by atoms with van der Waals surface area (Å²) in [5, 5.41) is 11.6. The number of hydrogen-bond acceptors (Lipinski definition) is 4. The number of nitrogens with two attached hydrogens (primary N) is 1. The number of nitrogens with zero attached hydrogens (tertiary/aromatic N) is 1. The molecule has 100 valence electrons. The van der Waals surface area contributed by atoms with Gasteiger partial charge >= 0.3 is 0 Å². The van der Waals surface area contributed by atoms with Crippen molar-refractivity contribution in [3.63, 3.8) is 0 Å². The van der Waals surface area contributed by atoms with Crippen molar-refractivity contribution < 1.29 is 4.79 Å². The number of benzene rings is 2. The van der Waals surface area contributed by atoms with Crippen LogP contribution in [0.1, 0.15) is 15.9 Å². The predicted octanol–water partition coefficient (Wildman–Crippen LogP) is 2.86. The second kappa shape index (κ2) is 6.19. The highest BCUT2D eigenvalue weighted by molar-refractivity contribution is 9.10. The number of amides is 1. The zero-order chi connectivity index (χ0) is 14.5. The molecule has 20 heavy (non-hydrogen) atoms. The van der Waals surface area contributed by atoms with Crippen LogP contribution >= 0.6 is 15.9 Å². The first-order chi connectivity index (χ1) is 9.63. The van der Waals surface area contributed by atoms with Crippen LogP contribution in [0.25, 0.3) is 0 Å². The minimum absolute atomic E-state index is 0.237. The molecule has 5 nitrogen and oxygen atoms in total. The van der Waals surface area contributed by atoms with Crippen LogP contribution in [0, 0.1) is 11.3 Å². The molecule has 0 fully saturated rings. The Hall–Kier alpha value is -2.36. The van der Waals surface area contributed by atoms with E-state index >= 15 is 0 Å². The van der Waals surface area contributed by atoms with E-state index in [0.717, 1.165) is 5.69 Å². The molecule has 4 N–H and O–H groups in total. The van der Waals surface area contributed by atoms with Gasteiger partial charge in [-0.15, -0.1) is 0 Å². The molecule has 0 radical (unpaired) electrons. The summed E-state index contributed by atoms with van der Waals surface area (Å²) >= 11 is 3.32. The molecule has 2 aromatic carbocycles. The van der Waals surface area contributed by atoms with Crippen molar-refractivity contribution >= 4 is 33.2 Å². The first-order valence-electron chi connectivity index (χ1n) is 5.71. The molecule has 0 unspecified atom stereocenters. The number of rotatable bonds is 3. The molecule has 2 aromatic rings. The Morgan fingerprint density at radius 1 is 1.20 bits per heavy atom. The van der Waals surface area contributed by atoms with E-state index in [1.165, 1.54) is 0 Å². The van der Waals surface area contributed by atoms with Crippen LogP contribution in [0.5, 0.6) is 0 Å². The molecular weight excluding hydrogens is 320 g/mol. The fourth-order valence-electron chi connectivity index (χ4n) is 1.60. The first kappa shape index (κ1) is 14.1. The Kier molecular flexibility index (Phi) is 4.35. The van der Waals surface area contributed by atoms with Crippen molar-refractivity contribution in [2.45, 2.75) is 0 Å². The van der Waals surface area contributed by atoms with Gasteiger partial charge in [0.2, 0.25) is 0 Å². The van der Waals surface area contributed by atoms with E-state index in [9.17, 15) is 4.79 Å². The van der Waals surface area contributed by atoms with E-state index < -0.39 is 0 Å². The number of hydrazine groups is 1. The number of hydrogen-bond donors (Lipinski definition) is 3. The lowest BCUT2D eigenvalue weighted by molar-refractivity contribution is 0.102. The lowest BCUT2D eigenvalue weighted by atomic mass is 10.2. The number of nitrogens with one attached hydrogen (secondary N) is 2. The van der Waals surface area contributed by atoms with Gasteiger partial charge in [-0.05, 0) is 58.4 Å². The maximum Gasteiger partial charge on any atom is 0.255 e. The maximum absolute atomic E-state index is 12.1. The van der Waals surface area contributed by atoms with Gasteiger partial charge < -0.3 is 10.7 Å². The monoisotopic (exact) mass is 330 g/mol. The molecule has 0 aromatic heterocycles. The van der Waals surface area contributed by atoms with Gasteiger partial charge in [0.05, 0.1) is 17.3 Å². The highest BCUT2D eigenvalue weighted by Crippen LogP contribution is 2.24. The second-order valence-corrected chi connectivity index (χ2v) is 4.84. The summed E-state index contributed by atoms with van der Waals surface area (Å²) in [6.45, 7) is 0. The quantitative estimate of drug-likeness (QED) is 0.596. The van der Waals surface area contributed by atoms with Gasteiger partial charge in [0.1, 0.15) is 0 Å². The number of nitriles is 1. The van der Waals surface area contributed by atoms with E-state index in [-0.39, 0.29) is 5.91 Å². The van der Waals surface area contributed by atoms with Crippen LogP contribution in [0.2, 0.25) is 0 Å². The molecule has 2 rings (SSSR count). The zero-order valence-corrected chi connectivity index (χ0v) is 11.9. The molecule has 6 heteroatoms. The highest BCUT2D eigenvalue weighted by Gasteiger charge is 2.08. The molecule has 0 spiro atoms. The summed E-state index contributed by atoms with van der Waals surface area (Å²) in [5.41, 5.74) is 4.86. The van der Waals surface area contributed by atoms with Gasteiger partial charge in [-0.1, -0.05) is 0 Å². The highest BCUT2D eigenvalue weighted by atomic mass is 79.9. The van der Waals surface area contributed by atoms with E-state index in [1.807, 2.05) is 6.07 Å². The molecule has 0 bridgehead atoms. The minimum Gasteiger partial charge on any atom is -0.324 e. The number of carbonyl (C=O) groups excluding carboxylic acids is 1. The Morgan fingerprint density at radius 2 is 1.90 bits per heavy atom. The first-order valence-corrected chi connectivity index (χ1v) is 6.51. The lowest BCUT2D eigenvalue weighted by Crippen LogP contribution is -2.13. The standard InChI is InChI=1S/C14H11BrN4O/c15-12-7-9(8-16)1-6-13(12)18-14(20)10-2-4-11(19-17)5-3-10/h1-7,19H,17H2,(H,18,20). The Labute approximate surface area is 124 Å². The van der Waals surface area contributed by atoms with Gasteiger partial charge in [0.15, 0.2) is 0 Å². The average molecular weight is 331 g/mol.